The molecule has 0 radical (unpaired) electrons. The molecule has 0 aliphatic carbocycles. The van der Waals surface area contributed by atoms with Crippen molar-refractivity contribution in [3.63, 3.8) is 0 Å². The molecule has 2 aromatic rings. The fourth-order valence-electron chi connectivity index (χ4n) is 3.54. The minimum atomic E-state index is -0.259. The number of carbonyl (C=O) groups is 2. The van der Waals surface area contributed by atoms with Crippen LogP contribution in [0.15, 0.2) is 12.1 Å². The lowest BCUT2D eigenvalue weighted by atomic mass is 10.1. The molecule has 0 spiro atoms. The maximum absolute atomic E-state index is 12.5. The third-order valence-corrected chi connectivity index (χ3v) is 5.19. The summed E-state index contributed by atoms with van der Waals surface area (Å²) in [6, 6.07) is 4.17. The maximum Gasteiger partial charge on any atom is 0.410 e. The Balaban J connectivity index is 1.38. The quantitative estimate of drug-likeness (QED) is 0.922. The van der Waals surface area contributed by atoms with Crippen LogP contribution < -0.4 is 0 Å². The molecule has 1 atom stereocenters. The fraction of sp³-hybridized carbons (Fsp3) is 0.500. The number of nitrogens with one attached hydrogen (secondary N) is 1. The molecule has 2 aliphatic heterocycles. The summed E-state index contributed by atoms with van der Waals surface area (Å²) in [5, 5.41) is 0. The lowest BCUT2D eigenvalue weighted by Crippen LogP contribution is -2.53. The van der Waals surface area contributed by atoms with Gasteiger partial charge in [-0.05, 0) is 37.1 Å². The van der Waals surface area contributed by atoms with Crippen LogP contribution in [0.1, 0.15) is 23.4 Å². The second-order valence-electron chi connectivity index (χ2n) is 6.90. The van der Waals surface area contributed by atoms with Crippen LogP contribution in [0.4, 0.5) is 4.79 Å². The van der Waals surface area contributed by atoms with Crippen LogP contribution in [0.25, 0.3) is 11.0 Å². The zero-order valence-corrected chi connectivity index (χ0v) is 14.5. The monoisotopic (exact) mass is 342 g/mol. The molecule has 1 aromatic heterocycles. The number of ether oxygens (including phenoxy) is 1. The van der Waals surface area contributed by atoms with Gasteiger partial charge in [0, 0.05) is 32.5 Å². The van der Waals surface area contributed by atoms with Gasteiger partial charge in [-0.2, -0.15) is 0 Å². The molecule has 132 valence electrons. The number of fused-ring (bicyclic) bond motifs is 2. The van der Waals surface area contributed by atoms with Crippen molar-refractivity contribution in [3.8, 4) is 0 Å². The van der Waals surface area contributed by atoms with Crippen LogP contribution in [0.2, 0.25) is 0 Å². The van der Waals surface area contributed by atoms with Crippen LogP contribution in [0, 0.1) is 13.8 Å². The number of piperazine rings is 1. The number of rotatable bonds is 3. The topological polar surface area (TPSA) is 78.5 Å². The first-order valence-electron chi connectivity index (χ1n) is 8.68. The number of hydrogen-bond donors (Lipinski definition) is 1. The van der Waals surface area contributed by atoms with Crippen molar-refractivity contribution < 1.29 is 14.3 Å². The van der Waals surface area contributed by atoms with Crippen molar-refractivity contribution in [2.45, 2.75) is 32.7 Å². The van der Waals surface area contributed by atoms with E-state index in [1.807, 2.05) is 4.90 Å². The average molecular weight is 342 g/mol. The number of carbonyl (C=O) groups excluding carboxylic acids is 2. The first-order chi connectivity index (χ1) is 12.0. The summed E-state index contributed by atoms with van der Waals surface area (Å²) in [6.45, 7) is 6.22. The second kappa shape index (κ2) is 6.06. The third kappa shape index (κ3) is 2.94. The summed E-state index contributed by atoms with van der Waals surface area (Å²) in [5.74, 6) is 0.943. The number of imidazole rings is 1. The van der Waals surface area contributed by atoms with Crippen molar-refractivity contribution in [3.05, 3.63) is 29.1 Å². The maximum atomic E-state index is 12.5. The number of amides is 2. The van der Waals surface area contributed by atoms with Gasteiger partial charge in [0.15, 0.2) is 0 Å². The Hall–Kier alpha value is -2.57. The van der Waals surface area contributed by atoms with Gasteiger partial charge in [-0.15, -0.1) is 0 Å². The van der Waals surface area contributed by atoms with Crippen LogP contribution >= 0.6 is 0 Å². The molecule has 2 aliphatic rings. The predicted molar refractivity (Wildman–Crippen MR) is 92.3 cm³/mol. The Labute approximate surface area is 146 Å². The molecule has 7 heteroatoms. The normalized spacial score (nSPS) is 20.1. The summed E-state index contributed by atoms with van der Waals surface area (Å²) in [6.07, 6.45) is 0.746. The lowest BCUT2D eigenvalue weighted by Gasteiger charge is -2.35. The molecule has 0 bridgehead atoms. The highest BCUT2D eigenvalue weighted by Crippen LogP contribution is 2.20. The number of H-pyrrole nitrogens is 1. The molecule has 7 nitrogen and oxygen atoms in total. The van der Waals surface area contributed by atoms with E-state index in [1.165, 1.54) is 11.1 Å². The molecule has 2 saturated heterocycles. The molecule has 2 fully saturated rings. The Morgan fingerprint density at radius 3 is 2.96 bits per heavy atom. The highest BCUT2D eigenvalue weighted by molar-refractivity contribution is 5.79. The molecule has 2 amide bonds. The predicted octanol–water partition coefficient (Wildman–Crippen LogP) is 1.78. The van der Waals surface area contributed by atoms with Gasteiger partial charge >= 0.3 is 6.09 Å². The van der Waals surface area contributed by atoms with Gasteiger partial charge < -0.3 is 14.6 Å². The Bertz CT molecular complexity index is 805. The largest absolute Gasteiger partial charge is 0.447 e. The van der Waals surface area contributed by atoms with Crippen LogP contribution in [0.3, 0.4) is 0 Å². The average Bonchev–Trinajstić information content (AvgIpc) is 3.16. The van der Waals surface area contributed by atoms with Gasteiger partial charge in [-0.3, -0.25) is 9.69 Å². The summed E-state index contributed by atoms with van der Waals surface area (Å²) in [5.41, 5.74) is 4.40. The number of aromatic nitrogens is 2. The summed E-state index contributed by atoms with van der Waals surface area (Å²) >= 11 is 0. The van der Waals surface area contributed by atoms with Gasteiger partial charge in [-0.1, -0.05) is 0 Å². The molecule has 25 heavy (non-hydrogen) atoms. The molecular formula is C18H22N4O3. The van der Waals surface area contributed by atoms with Crippen LogP contribution in [-0.4, -0.2) is 64.1 Å². The summed E-state index contributed by atoms with van der Waals surface area (Å²) in [7, 11) is 0. The molecule has 1 aromatic carbocycles. The molecule has 4 rings (SSSR count). The van der Waals surface area contributed by atoms with Crippen molar-refractivity contribution in [1.29, 1.82) is 0 Å². The Morgan fingerprint density at radius 2 is 2.12 bits per heavy atom. The van der Waals surface area contributed by atoms with E-state index in [4.69, 9.17) is 4.74 Å². The number of aryl methyl sites for hydroxylation is 3. The number of benzene rings is 1. The first-order valence-corrected chi connectivity index (χ1v) is 8.68. The van der Waals surface area contributed by atoms with E-state index in [9.17, 15) is 9.59 Å². The van der Waals surface area contributed by atoms with Gasteiger partial charge in [0.25, 0.3) is 0 Å². The smallest absolute Gasteiger partial charge is 0.410 e. The fourth-order valence-corrected chi connectivity index (χ4v) is 3.54. The Morgan fingerprint density at radius 1 is 1.32 bits per heavy atom. The van der Waals surface area contributed by atoms with Crippen LogP contribution in [-0.2, 0) is 16.0 Å². The molecule has 0 saturated carbocycles. The Kier molecular flexibility index (Phi) is 3.86. The number of cyclic esters (lactones) is 1. The third-order valence-electron chi connectivity index (χ3n) is 5.19. The SMILES string of the molecule is Cc1cc2nc(CCC(=O)N3CCN4C(=O)OCC4C3)[nH]c2cc1C. The van der Waals surface area contributed by atoms with Crippen molar-refractivity contribution in [1.82, 2.24) is 19.8 Å². The number of nitrogens with zero attached hydrogens (tertiary/aromatic N) is 3. The van der Waals surface area contributed by atoms with Gasteiger partial charge in [0.1, 0.15) is 12.4 Å². The molecule has 1 N–H and O–H groups in total. The molecule has 3 heterocycles. The van der Waals surface area contributed by atoms with E-state index in [1.54, 1.807) is 4.90 Å². The van der Waals surface area contributed by atoms with Gasteiger partial charge in [0.2, 0.25) is 5.91 Å². The molecule has 1 unspecified atom stereocenters. The summed E-state index contributed by atoms with van der Waals surface area (Å²) < 4.78 is 5.04. The zero-order valence-electron chi connectivity index (χ0n) is 14.5. The van der Waals surface area contributed by atoms with E-state index in [2.05, 4.69) is 35.9 Å². The van der Waals surface area contributed by atoms with E-state index in [-0.39, 0.29) is 18.0 Å². The van der Waals surface area contributed by atoms with Crippen molar-refractivity contribution in [2.75, 3.05) is 26.2 Å². The van der Waals surface area contributed by atoms with Crippen molar-refractivity contribution in [2.24, 2.45) is 0 Å². The standard InChI is InChI=1S/C18H22N4O3/c1-11-7-14-15(8-12(11)2)20-16(19-14)3-4-17(23)21-5-6-22-13(9-21)10-25-18(22)24/h7-8,13H,3-6,9-10H2,1-2H3,(H,19,20). The minimum Gasteiger partial charge on any atom is -0.447 e. The van der Waals surface area contributed by atoms with Crippen LogP contribution in [0.5, 0.6) is 0 Å². The van der Waals surface area contributed by atoms with Crippen molar-refractivity contribution >= 4 is 23.0 Å². The second-order valence-corrected chi connectivity index (χ2v) is 6.90. The van der Waals surface area contributed by atoms with E-state index < -0.39 is 0 Å². The first kappa shape index (κ1) is 15.9. The number of hydrogen-bond acceptors (Lipinski definition) is 4. The number of aromatic amines is 1. The highest BCUT2D eigenvalue weighted by atomic mass is 16.6. The minimum absolute atomic E-state index is 0.00218. The van der Waals surface area contributed by atoms with E-state index in [0.29, 0.717) is 39.1 Å². The zero-order chi connectivity index (χ0) is 17.6. The van der Waals surface area contributed by atoms with Gasteiger partial charge in [-0.25, -0.2) is 9.78 Å². The molecular weight excluding hydrogens is 320 g/mol. The lowest BCUT2D eigenvalue weighted by molar-refractivity contribution is -0.133. The summed E-state index contributed by atoms with van der Waals surface area (Å²) in [4.78, 5) is 35.5. The van der Waals surface area contributed by atoms with Gasteiger partial charge in [0.05, 0.1) is 17.1 Å². The van der Waals surface area contributed by atoms with E-state index in [0.717, 1.165) is 16.9 Å². The van der Waals surface area contributed by atoms with E-state index >= 15 is 0 Å². The highest BCUT2D eigenvalue weighted by Gasteiger charge is 2.38.